The standard InChI is InChI=1S/C15H17N3OS/c19-15(17-14-7-4-9-16-11-14)18(12-20)10-8-13-5-2-1-3-6-13/h1-7,9,11,20H,8,10,12H2,(H,17,19). The number of benzene rings is 1. The largest absolute Gasteiger partial charge is 0.322 e. The van der Waals surface area contributed by atoms with Crippen molar-refractivity contribution >= 4 is 24.3 Å². The molecule has 0 radical (unpaired) electrons. The van der Waals surface area contributed by atoms with Gasteiger partial charge < -0.3 is 10.2 Å². The Bertz CT molecular complexity index is 533. The highest BCUT2D eigenvalue weighted by molar-refractivity contribution is 7.80. The molecule has 0 spiro atoms. The smallest absolute Gasteiger partial charge is 0.315 e. The topological polar surface area (TPSA) is 45.2 Å². The maximum atomic E-state index is 12.1. The van der Waals surface area contributed by atoms with E-state index in [9.17, 15) is 4.79 Å². The van der Waals surface area contributed by atoms with E-state index in [0.717, 1.165) is 6.42 Å². The van der Waals surface area contributed by atoms with Crippen molar-refractivity contribution in [2.45, 2.75) is 6.42 Å². The molecule has 4 nitrogen and oxygen atoms in total. The van der Waals surface area contributed by atoms with Gasteiger partial charge in [0.25, 0.3) is 0 Å². The average Bonchev–Trinajstić information content (AvgIpc) is 2.50. The van der Waals surface area contributed by atoms with Gasteiger partial charge in [-0.2, -0.15) is 12.6 Å². The lowest BCUT2D eigenvalue weighted by Gasteiger charge is -2.20. The third-order valence-electron chi connectivity index (χ3n) is 2.88. The van der Waals surface area contributed by atoms with E-state index in [-0.39, 0.29) is 6.03 Å². The number of aromatic nitrogens is 1. The van der Waals surface area contributed by atoms with Crippen molar-refractivity contribution in [1.82, 2.24) is 9.88 Å². The average molecular weight is 287 g/mol. The van der Waals surface area contributed by atoms with Gasteiger partial charge in [0.05, 0.1) is 17.8 Å². The van der Waals surface area contributed by atoms with Gasteiger partial charge in [0.15, 0.2) is 0 Å². The summed E-state index contributed by atoms with van der Waals surface area (Å²) in [5.74, 6) is 0.374. The molecule has 0 bridgehead atoms. The molecule has 2 rings (SSSR count). The van der Waals surface area contributed by atoms with Gasteiger partial charge in [-0.1, -0.05) is 30.3 Å². The lowest BCUT2D eigenvalue weighted by molar-refractivity contribution is 0.221. The second-order valence-electron chi connectivity index (χ2n) is 4.31. The summed E-state index contributed by atoms with van der Waals surface area (Å²) in [4.78, 5) is 17.7. The van der Waals surface area contributed by atoms with Crippen LogP contribution < -0.4 is 5.32 Å². The third-order valence-corrected chi connectivity index (χ3v) is 3.23. The summed E-state index contributed by atoms with van der Waals surface area (Å²) in [6.07, 6.45) is 4.09. The Labute approximate surface area is 124 Å². The number of rotatable bonds is 5. The van der Waals surface area contributed by atoms with Gasteiger partial charge in [0.2, 0.25) is 0 Å². The van der Waals surface area contributed by atoms with Gasteiger partial charge in [-0.05, 0) is 24.1 Å². The number of anilines is 1. The first-order valence-corrected chi connectivity index (χ1v) is 7.03. The second-order valence-corrected chi connectivity index (χ2v) is 4.60. The summed E-state index contributed by atoms with van der Waals surface area (Å²) in [5.41, 5.74) is 1.89. The number of pyridine rings is 1. The van der Waals surface area contributed by atoms with Crippen LogP contribution in [0.4, 0.5) is 10.5 Å². The van der Waals surface area contributed by atoms with Gasteiger partial charge >= 0.3 is 6.03 Å². The molecule has 2 amide bonds. The SMILES string of the molecule is O=C(Nc1cccnc1)N(CS)CCc1ccccc1. The van der Waals surface area contributed by atoms with E-state index in [1.807, 2.05) is 18.2 Å². The number of nitrogens with zero attached hydrogens (tertiary/aromatic N) is 2. The van der Waals surface area contributed by atoms with Crippen molar-refractivity contribution in [2.75, 3.05) is 17.7 Å². The van der Waals surface area contributed by atoms with E-state index in [4.69, 9.17) is 0 Å². The first-order chi connectivity index (χ1) is 9.79. The lowest BCUT2D eigenvalue weighted by Crippen LogP contribution is -2.35. The molecule has 0 aliphatic carbocycles. The Morgan fingerprint density at radius 2 is 2.00 bits per heavy atom. The van der Waals surface area contributed by atoms with E-state index in [0.29, 0.717) is 18.1 Å². The summed E-state index contributed by atoms with van der Waals surface area (Å²) >= 11 is 4.22. The number of amides is 2. The van der Waals surface area contributed by atoms with Crippen LogP contribution in [0.2, 0.25) is 0 Å². The van der Waals surface area contributed by atoms with Crippen LogP contribution in [0.1, 0.15) is 5.56 Å². The number of carbonyl (C=O) groups excluding carboxylic acids is 1. The van der Waals surface area contributed by atoms with Gasteiger partial charge in [0, 0.05) is 12.7 Å². The van der Waals surface area contributed by atoms with Gasteiger partial charge in [-0.15, -0.1) is 0 Å². The van der Waals surface area contributed by atoms with E-state index in [2.05, 4.69) is 35.1 Å². The summed E-state index contributed by atoms with van der Waals surface area (Å²) in [5, 5.41) is 2.80. The highest BCUT2D eigenvalue weighted by Crippen LogP contribution is 2.07. The molecule has 0 unspecified atom stereocenters. The predicted octanol–water partition coefficient (Wildman–Crippen LogP) is 3.05. The molecule has 0 saturated heterocycles. The Kier molecular flexibility index (Phi) is 5.43. The number of hydrogen-bond donors (Lipinski definition) is 2. The van der Waals surface area contributed by atoms with E-state index in [1.165, 1.54) is 5.56 Å². The van der Waals surface area contributed by atoms with Crippen LogP contribution in [0.15, 0.2) is 54.9 Å². The molecule has 2 aromatic rings. The number of thiol groups is 1. The Balaban J connectivity index is 1.89. The summed E-state index contributed by atoms with van der Waals surface area (Å²) in [7, 11) is 0. The minimum absolute atomic E-state index is 0.163. The predicted molar refractivity (Wildman–Crippen MR) is 84.0 cm³/mol. The molecule has 0 aliphatic rings. The molecule has 5 heteroatoms. The monoisotopic (exact) mass is 287 g/mol. The molecular weight excluding hydrogens is 270 g/mol. The van der Waals surface area contributed by atoms with Crippen LogP contribution >= 0.6 is 12.6 Å². The molecule has 104 valence electrons. The zero-order chi connectivity index (χ0) is 14.2. The fourth-order valence-corrected chi connectivity index (χ4v) is 2.05. The van der Waals surface area contributed by atoms with Crippen molar-refractivity contribution in [2.24, 2.45) is 0 Å². The minimum atomic E-state index is -0.163. The Morgan fingerprint density at radius 1 is 1.20 bits per heavy atom. The molecule has 1 aromatic carbocycles. The summed E-state index contributed by atoms with van der Waals surface area (Å²) in [6, 6.07) is 13.5. The van der Waals surface area contributed by atoms with Crippen molar-refractivity contribution in [3.05, 3.63) is 60.4 Å². The molecule has 0 atom stereocenters. The van der Waals surface area contributed by atoms with Crippen LogP contribution in [0.25, 0.3) is 0 Å². The highest BCUT2D eigenvalue weighted by Gasteiger charge is 2.11. The molecule has 0 fully saturated rings. The number of nitrogens with one attached hydrogen (secondary N) is 1. The molecule has 20 heavy (non-hydrogen) atoms. The molecule has 0 aliphatic heterocycles. The lowest BCUT2D eigenvalue weighted by atomic mass is 10.1. The summed E-state index contributed by atoms with van der Waals surface area (Å²) < 4.78 is 0. The Morgan fingerprint density at radius 3 is 2.65 bits per heavy atom. The number of urea groups is 1. The quantitative estimate of drug-likeness (QED) is 0.656. The molecule has 0 saturated carbocycles. The van der Waals surface area contributed by atoms with Crippen LogP contribution in [-0.4, -0.2) is 28.3 Å². The van der Waals surface area contributed by atoms with Crippen LogP contribution in [0.3, 0.4) is 0 Å². The van der Waals surface area contributed by atoms with Crippen molar-refractivity contribution in [1.29, 1.82) is 0 Å². The summed E-state index contributed by atoms with van der Waals surface area (Å²) in [6.45, 7) is 0.625. The van der Waals surface area contributed by atoms with Crippen LogP contribution in [-0.2, 0) is 6.42 Å². The minimum Gasteiger partial charge on any atom is -0.315 e. The van der Waals surface area contributed by atoms with E-state index < -0.39 is 0 Å². The molecule has 1 N–H and O–H groups in total. The van der Waals surface area contributed by atoms with Crippen LogP contribution in [0, 0.1) is 0 Å². The first-order valence-electron chi connectivity index (χ1n) is 6.40. The molecular formula is C15H17N3OS. The normalized spacial score (nSPS) is 10.1. The zero-order valence-electron chi connectivity index (χ0n) is 11.1. The number of carbonyl (C=O) groups is 1. The number of hydrogen-bond acceptors (Lipinski definition) is 3. The maximum Gasteiger partial charge on any atom is 0.322 e. The maximum absolute atomic E-state index is 12.1. The van der Waals surface area contributed by atoms with Crippen LogP contribution in [0.5, 0.6) is 0 Å². The first kappa shape index (κ1) is 14.4. The second kappa shape index (κ2) is 7.55. The van der Waals surface area contributed by atoms with Crippen molar-refractivity contribution in [3.63, 3.8) is 0 Å². The van der Waals surface area contributed by atoms with Crippen molar-refractivity contribution in [3.8, 4) is 0 Å². The highest BCUT2D eigenvalue weighted by atomic mass is 32.1. The fourth-order valence-electron chi connectivity index (χ4n) is 1.78. The van der Waals surface area contributed by atoms with Crippen molar-refractivity contribution < 1.29 is 4.79 Å². The van der Waals surface area contributed by atoms with Gasteiger partial charge in [-0.3, -0.25) is 4.98 Å². The molecule has 1 heterocycles. The molecule has 1 aromatic heterocycles. The zero-order valence-corrected chi connectivity index (χ0v) is 12.0. The Hall–Kier alpha value is -2.01. The van der Waals surface area contributed by atoms with Gasteiger partial charge in [0.1, 0.15) is 0 Å². The third kappa shape index (κ3) is 4.28. The fraction of sp³-hybridized carbons (Fsp3) is 0.200. The van der Waals surface area contributed by atoms with E-state index in [1.54, 1.807) is 29.4 Å². The van der Waals surface area contributed by atoms with Gasteiger partial charge in [-0.25, -0.2) is 4.79 Å². The van der Waals surface area contributed by atoms with E-state index >= 15 is 0 Å².